The number of carbonyl (C=O) groups is 2. The smallest absolute Gasteiger partial charge is 0.196 e. The zero-order valence-corrected chi connectivity index (χ0v) is 13.7. The summed E-state index contributed by atoms with van der Waals surface area (Å²) in [5, 5.41) is 0.158. The van der Waals surface area contributed by atoms with Gasteiger partial charge in [-0.1, -0.05) is 74.1 Å². The standard InChI is InChI=1S/C19H20O2S/c1-3-12-22-19(21)14(2)16-10-7-11-17(13-16)18(20)15-8-5-4-6-9-15/h4-11,13-14H,3,12H2,1-2H3. The maximum atomic E-state index is 12.5. The van der Waals surface area contributed by atoms with Crippen LogP contribution < -0.4 is 0 Å². The fourth-order valence-corrected chi connectivity index (χ4v) is 2.96. The molecule has 0 radical (unpaired) electrons. The molecule has 0 aliphatic carbocycles. The lowest BCUT2D eigenvalue weighted by atomic mass is 9.96. The molecule has 3 heteroatoms. The van der Waals surface area contributed by atoms with E-state index in [2.05, 4.69) is 6.92 Å². The van der Waals surface area contributed by atoms with E-state index in [0.717, 1.165) is 17.7 Å². The zero-order chi connectivity index (χ0) is 15.9. The van der Waals surface area contributed by atoms with E-state index >= 15 is 0 Å². The molecule has 0 fully saturated rings. The molecule has 0 aromatic heterocycles. The molecular weight excluding hydrogens is 292 g/mol. The summed E-state index contributed by atoms with van der Waals surface area (Å²) in [6, 6.07) is 16.6. The van der Waals surface area contributed by atoms with Crippen LogP contribution >= 0.6 is 11.8 Å². The van der Waals surface area contributed by atoms with E-state index in [9.17, 15) is 9.59 Å². The van der Waals surface area contributed by atoms with E-state index in [1.54, 1.807) is 18.2 Å². The van der Waals surface area contributed by atoms with Crippen LogP contribution in [0.1, 0.15) is 47.7 Å². The summed E-state index contributed by atoms with van der Waals surface area (Å²) >= 11 is 1.37. The minimum Gasteiger partial charge on any atom is -0.289 e. The summed E-state index contributed by atoms with van der Waals surface area (Å²) in [5.74, 6) is 0.634. The fourth-order valence-electron chi connectivity index (χ4n) is 2.17. The Kier molecular flexibility index (Phi) is 5.96. The molecule has 2 nitrogen and oxygen atoms in total. The maximum Gasteiger partial charge on any atom is 0.196 e. The summed E-state index contributed by atoms with van der Waals surface area (Å²) < 4.78 is 0. The highest BCUT2D eigenvalue weighted by Crippen LogP contribution is 2.24. The van der Waals surface area contributed by atoms with Crippen LogP contribution in [0.3, 0.4) is 0 Å². The minimum absolute atomic E-state index is 0.0108. The molecule has 0 aliphatic heterocycles. The average molecular weight is 312 g/mol. The Labute approximate surface area is 135 Å². The van der Waals surface area contributed by atoms with Gasteiger partial charge in [-0.3, -0.25) is 9.59 Å². The Balaban J connectivity index is 2.20. The highest BCUT2D eigenvalue weighted by molar-refractivity contribution is 8.13. The largest absolute Gasteiger partial charge is 0.289 e. The molecule has 0 amide bonds. The molecule has 1 atom stereocenters. The van der Waals surface area contributed by atoms with Gasteiger partial charge in [0.25, 0.3) is 0 Å². The van der Waals surface area contributed by atoms with Crippen molar-refractivity contribution in [3.8, 4) is 0 Å². The van der Waals surface area contributed by atoms with E-state index in [1.165, 1.54) is 11.8 Å². The molecule has 22 heavy (non-hydrogen) atoms. The molecule has 2 aromatic rings. The Bertz CT molecular complexity index is 649. The third kappa shape index (κ3) is 4.08. The second-order valence-corrected chi connectivity index (χ2v) is 6.31. The highest BCUT2D eigenvalue weighted by atomic mass is 32.2. The second-order valence-electron chi connectivity index (χ2n) is 5.21. The van der Waals surface area contributed by atoms with Crippen LogP contribution in [-0.4, -0.2) is 16.7 Å². The van der Waals surface area contributed by atoms with Gasteiger partial charge in [0.2, 0.25) is 0 Å². The van der Waals surface area contributed by atoms with Crippen LogP contribution in [0.25, 0.3) is 0 Å². The lowest BCUT2D eigenvalue weighted by Crippen LogP contribution is -2.08. The van der Waals surface area contributed by atoms with E-state index in [4.69, 9.17) is 0 Å². The maximum absolute atomic E-state index is 12.5. The summed E-state index contributed by atoms with van der Waals surface area (Å²) in [6.45, 7) is 3.96. The number of carbonyl (C=O) groups excluding carboxylic acids is 2. The van der Waals surface area contributed by atoms with E-state index in [-0.39, 0.29) is 16.8 Å². The van der Waals surface area contributed by atoms with Crippen molar-refractivity contribution in [1.29, 1.82) is 0 Å². The average Bonchev–Trinajstić information content (AvgIpc) is 2.59. The van der Waals surface area contributed by atoms with Gasteiger partial charge in [-0.05, 0) is 18.1 Å². The number of ketones is 1. The van der Waals surface area contributed by atoms with Crippen LogP contribution in [0.5, 0.6) is 0 Å². The van der Waals surface area contributed by atoms with Crippen LogP contribution in [0, 0.1) is 0 Å². The Morgan fingerprint density at radius 3 is 2.36 bits per heavy atom. The SMILES string of the molecule is CCCSC(=O)C(C)c1cccc(C(=O)c2ccccc2)c1. The van der Waals surface area contributed by atoms with E-state index in [0.29, 0.717) is 11.1 Å². The van der Waals surface area contributed by atoms with E-state index in [1.807, 2.05) is 43.3 Å². The molecule has 1 unspecified atom stereocenters. The molecule has 2 aromatic carbocycles. The first kappa shape index (κ1) is 16.5. The first-order chi connectivity index (χ1) is 10.6. The first-order valence-corrected chi connectivity index (χ1v) is 8.48. The monoisotopic (exact) mass is 312 g/mol. The number of hydrogen-bond donors (Lipinski definition) is 0. The van der Waals surface area contributed by atoms with Gasteiger partial charge >= 0.3 is 0 Å². The van der Waals surface area contributed by atoms with Gasteiger partial charge in [0, 0.05) is 16.9 Å². The topological polar surface area (TPSA) is 34.1 Å². The number of thioether (sulfide) groups is 1. The first-order valence-electron chi connectivity index (χ1n) is 7.49. The van der Waals surface area contributed by atoms with Gasteiger partial charge < -0.3 is 0 Å². The van der Waals surface area contributed by atoms with E-state index < -0.39 is 0 Å². The molecular formula is C19H20O2S. The molecule has 114 valence electrons. The fraction of sp³-hybridized carbons (Fsp3) is 0.263. The van der Waals surface area contributed by atoms with Crippen molar-refractivity contribution >= 4 is 22.7 Å². The lowest BCUT2D eigenvalue weighted by Gasteiger charge is -2.11. The third-order valence-corrected chi connectivity index (χ3v) is 4.74. The number of rotatable bonds is 6. The van der Waals surface area contributed by atoms with Crippen molar-refractivity contribution in [2.45, 2.75) is 26.2 Å². The normalized spacial score (nSPS) is 11.9. The molecule has 0 N–H and O–H groups in total. The van der Waals surface area contributed by atoms with Crippen molar-refractivity contribution < 1.29 is 9.59 Å². The van der Waals surface area contributed by atoms with Crippen LogP contribution in [0.2, 0.25) is 0 Å². The van der Waals surface area contributed by atoms with Gasteiger partial charge in [0.1, 0.15) is 0 Å². The van der Waals surface area contributed by atoms with Crippen molar-refractivity contribution in [3.05, 3.63) is 71.3 Å². The van der Waals surface area contributed by atoms with Crippen molar-refractivity contribution in [2.24, 2.45) is 0 Å². The lowest BCUT2D eigenvalue weighted by molar-refractivity contribution is -0.111. The molecule has 0 aliphatic rings. The molecule has 0 bridgehead atoms. The summed E-state index contributed by atoms with van der Waals surface area (Å²) in [4.78, 5) is 24.6. The van der Waals surface area contributed by atoms with Crippen LogP contribution in [0.4, 0.5) is 0 Å². The second kappa shape index (κ2) is 7.95. The zero-order valence-electron chi connectivity index (χ0n) is 12.9. The van der Waals surface area contributed by atoms with Gasteiger partial charge in [-0.15, -0.1) is 0 Å². The number of hydrogen-bond acceptors (Lipinski definition) is 3. The molecule has 0 saturated carbocycles. The highest BCUT2D eigenvalue weighted by Gasteiger charge is 2.17. The van der Waals surface area contributed by atoms with Crippen molar-refractivity contribution in [3.63, 3.8) is 0 Å². The Morgan fingerprint density at radius 2 is 1.68 bits per heavy atom. The summed E-state index contributed by atoms with van der Waals surface area (Å²) in [6.07, 6.45) is 0.982. The molecule has 0 saturated heterocycles. The molecule has 2 rings (SSSR count). The van der Waals surface area contributed by atoms with Gasteiger partial charge in [0.05, 0.1) is 5.92 Å². The van der Waals surface area contributed by atoms with Crippen molar-refractivity contribution in [2.75, 3.05) is 5.75 Å². The quantitative estimate of drug-likeness (QED) is 0.726. The number of benzene rings is 2. The van der Waals surface area contributed by atoms with Crippen LogP contribution in [0.15, 0.2) is 54.6 Å². The van der Waals surface area contributed by atoms with Crippen molar-refractivity contribution in [1.82, 2.24) is 0 Å². The van der Waals surface area contributed by atoms with Gasteiger partial charge in [-0.25, -0.2) is 0 Å². The minimum atomic E-state index is -0.194. The Hall–Kier alpha value is -1.87. The molecule has 0 heterocycles. The van der Waals surface area contributed by atoms with Crippen LogP contribution in [-0.2, 0) is 4.79 Å². The predicted molar refractivity (Wildman–Crippen MR) is 92.5 cm³/mol. The summed E-state index contributed by atoms with van der Waals surface area (Å²) in [7, 11) is 0. The van der Waals surface area contributed by atoms with Gasteiger partial charge in [0.15, 0.2) is 10.9 Å². The Morgan fingerprint density at radius 1 is 1.00 bits per heavy atom. The predicted octanol–water partition coefficient (Wildman–Crippen LogP) is 4.69. The third-order valence-electron chi connectivity index (χ3n) is 3.49. The summed E-state index contributed by atoms with van der Waals surface area (Å²) in [5.41, 5.74) is 2.19. The molecule has 0 spiro atoms. The van der Waals surface area contributed by atoms with Gasteiger partial charge in [-0.2, -0.15) is 0 Å².